The molecule has 1 aliphatic rings. The summed E-state index contributed by atoms with van der Waals surface area (Å²) in [5, 5.41) is 8.59. The van der Waals surface area contributed by atoms with Crippen molar-refractivity contribution in [3.8, 4) is 10.6 Å². The normalized spacial score (nSPS) is 18.5. The number of rotatable bonds is 4. The van der Waals surface area contributed by atoms with Crippen LogP contribution in [-0.2, 0) is 16.2 Å². The number of nitrogens with two attached hydrogens (primary N) is 1. The molecule has 1 saturated heterocycles. The number of amides is 1. The lowest BCUT2D eigenvalue weighted by Crippen LogP contribution is -2.42. The molecule has 28 heavy (non-hydrogen) atoms. The molecule has 3 rings (SSSR count). The number of primary sulfonamides is 1. The number of nitrogens with zero attached hydrogens (tertiary/aromatic N) is 2. The standard InChI is InChI=1S/C16H18F3N3O4S2/c1-9-13(21-26-14(9)16(17,18)19)11-4-5-12(27-11)15(23)22-6-2-3-10(7-22)8-28(20,24)25/h4-5,10H,2-3,6-8H2,1H3,(H2,20,24,25)/t10-/m1/s1. The van der Waals surface area contributed by atoms with Crippen LogP contribution in [-0.4, -0.2) is 43.2 Å². The van der Waals surface area contributed by atoms with Crippen molar-refractivity contribution in [2.24, 2.45) is 11.1 Å². The molecule has 0 saturated carbocycles. The summed E-state index contributed by atoms with van der Waals surface area (Å²) >= 11 is 1.02. The van der Waals surface area contributed by atoms with Gasteiger partial charge < -0.3 is 9.42 Å². The Kier molecular flexibility index (Phi) is 5.56. The highest BCUT2D eigenvalue weighted by Crippen LogP contribution is 2.38. The molecule has 2 N–H and O–H groups in total. The second-order valence-corrected chi connectivity index (χ2v) is 9.48. The van der Waals surface area contributed by atoms with Crippen molar-refractivity contribution in [1.29, 1.82) is 0 Å². The Bertz CT molecular complexity index is 982. The van der Waals surface area contributed by atoms with Crippen molar-refractivity contribution in [1.82, 2.24) is 10.1 Å². The van der Waals surface area contributed by atoms with Gasteiger partial charge in [0.2, 0.25) is 15.8 Å². The van der Waals surface area contributed by atoms with E-state index < -0.39 is 22.0 Å². The summed E-state index contributed by atoms with van der Waals surface area (Å²) in [7, 11) is -3.63. The summed E-state index contributed by atoms with van der Waals surface area (Å²) < 4.78 is 65.6. The van der Waals surface area contributed by atoms with Crippen LogP contribution in [0.5, 0.6) is 0 Å². The van der Waals surface area contributed by atoms with Crippen LogP contribution in [0.1, 0.15) is 33.8 Å². The summed E-state index contributed by atoms with van der Waals surface area (Å²) in [6.07, 6.45) is -3.33. The van der Waals surface area contributed by atoms with Gasteiger partial charge in [0, 0.05) is 18.7 Å². The SMILES string of the molecule is Cc1c(-c2ccc(C(=O)N3CCC[C@@H](CS(N)(=O)=O)C3)s2)noc1C(F)(F)F. The van der Waals surface area contributed by atoms with Crippen LogP contribution in [0, 0.1) is 12.8 Å². The van der Waals surface area contributed by atoms with E-state index >= 15 is 0 Å². The number of carbonyl (C=O) groups excluding carboxylic acids is 1. The van der Waals surface area contributed by atoms with Crippen LogP contribution < -0.4 is 5.14 Å². The van der Waals surface area contributed by atoms with Crippen LogP contribution in [0.3, 0.4) is 0 Å². The van der Waals surface area contributed by atoms with Gasteiger partial charge in [0.15, 0.2) is 0 Å². The molecule has 2 aromatic heterocycles. The lowest BCUT2D eigenvalue weighted by molar-refractivity contribution is -0.156. The van der Waals surface area contributed by atoms with E-state index in [0.29, 0.717) is 29.1 Å². The maximum Gasteiger partial charge on any atom is 0.452 e. The van der Waals surface area contributed by atoms with E-state index in [-0.39, 0.29) is 35.4 Å². The summed E-state index contributed by atoms with van der Waals surface area (Å²) in [6, 6.07) is 3.04. The van der Waals surface area contributed by atoms with Gasteiger partial charge in [-0.2, -0.15) is 13.2 Å². The van der Waals surface area contributed by atoms with Crippen molar-refractivity contribution >= 4 is 27.3 Å². The molecule has 1 atom stereocenters. The molecule has 0 spiro atoms. The van der Waals surface area contributed by atoms with Crippen LogP contribution in [0.15, 0.2) is 16.7 Å². The third-order valence-electron chi connectivity index (χ3n) is 4.51. The monoisotopic (exact) mass is 437 g/mol. The molecule has 0 aliphatic carbocycles. The highest BCUT2D eigenvalue weighted by molar-refractivity contribution is 7.89. The van der Waals surface area contributed by atoms with Gasteiger partial charge in [0.1, 0.15) is 5.69 Å². The molecule has 0 aromatic carbocycles. The lowest BCUT2D eigenvalue weighted by atomic mass is 10.00. The fraction of sp³-hybridized carbons (Fsp3) is 0.500. The summed E-state index contributed by atoms with van der Waals surface area (Å²) in [4.78, 5) is 15.0. The first-order valence-electron chi connectivity index (χ1n) is 8.39. The predicted molar refractivity (Wildman–Crippen MR) is 96.2 cm³/mol. The maximum atomic E-state index is 12.9. The van der Waals surface area contributed by atoms with Gasteiger partial charge in [-0.3, -0.25) is 4.79 Å². The van der Waals surface area contributed by atoms with Crippen LogP contribution in [0.4, 0.5) is 13.2 Å². The molecule has 2 aromatic rings. The van der Waals surface area contributed by atoms with E-state index in [2.05, 4.69) is 9.68 Å². The molecule has 1 amide bonds. The minimum absolute atomic E-state index is 0.0436. The summed E-state index contributed by atoms with van der Waals surface area (Å²) in [5.41, 5.74) is -0.0957. The Morgan fingerprint density at radius 2 is 2.14 bits per heavy atom. The molecule has 12 heteroatoms. The second-order valence-electron chi connectivity index (χ2n) is 6.74. The van der Waals surface area contributed by atoms with Crippen molar-refractivity contribution in [2.75, 3.05) is 18.8 Å². The first kappa shape index (κ1) is 20.8. The minimum Gasteiger partial charge on any atom is -0.351 e. The van der Waals surface area contributed by atoms with E-state index in [0.717, 1.165) is 11.3 Å². The maximum absolute atomic E-state index is 12.9. The lowest BCUT2D eigenvalue weighted by Gasteiger charge is -2.32. The van der Waals surface area contributed by atoms with E-state index in [4.69, 9.17) is 5.14 Å². The molecule has 7 nitrogen and oxygen atoms in total. The van der Waals surface area contributed by atoms with Crippen LogP contribution >= 0.6 is 11.3 Å². The predicted octanol–water partition coefficient (Wildman–Crippen LogP) is 2.87. The van der Waals surface area contributed by atoms with E-state index in [1.165, 1.54) is 19.1 Å². The Morgan fingerprint density at radius 3 is 2.75 bits per heavy atom. The first-order valence-corrected chi connectivity index (χ1v) is 10.9. The number of sulfonamides is 1. The summed E-state index contributed by atoms with van der Waals surface area (Å²) in [5.74, 6) is -1.89. The number of hydrogen-bond donors (Lipinski definition) is 1. The zero-order chi connectivity index (χ0) is 20.7. The van der Waals surface area contributed by atoms with E-state index in [9.17, 15) is 26.4 Å². The zero-order valence-corrected chi connectivity index (χ0v) is 16.5. The third kappa shape index (κ3) is 4.55. The Labute approximate surface area is 163 Å². The van der Waals surface area contributed by atoms with Gasteiger partial charge in [-0.1, -0.05) is 5.16 Å². The van der Waals surface area contributed by atoms with Gasteiger partial charge in [0.25, 0.3) is 5.91 Å². The average molecular weight is 437 g/mol. The largest absolute Gasteiger partial charge is 0.452 e. The molecule has 0 radical (unpaired) electrons. The van der Waals surface area contributed by atoms with Crippen molar-refractivity contribution in [3.63, 3.8) is 0 Å². The number of thiophene rings is 1. The fourth-order valence-electron chi connectivity index (χ4n) is 3.28. The van der Waals surface area contributed by atoms with Gasteiger partial charge in [0.05, 0.1) is 15.5 Å². The van der Waals surface area contributed by atoms with Gasteiger partial charge in [-0.15, -0.1) is 11.3 Å². The molecule has 0 bridgehead atoms. The number of alkyl halides is 3. The van der Waals surface area contributed by atoms with Crippen LogP contribution in [0.2, 0.25) is 0 Å². The first-order chi connectivity index (χ1) is 13.0. The number of piperidine rings is 1. The smallest absolute Gasteiger partial charge is 0.351 e. The highest BCUT2D eigenvalue weighted by atomic mass is 32.2. The molecular formula is C16H18F3N3O4S2. The van der Waals surface area contributed by atoms with Gasteiger partial charge in [-0.05, 0) is 37.8 Å². The van der Waals surface area contributed by atoms with Gasteiger partial charge >= 0.3 is 6.18 Å². The minimum atomic E-state index is -4.64. The second kappa shape index (κ2) is 7.48. The van der Waals surface area contributed by atoms with Crippen molar-refractivity contribution in [2.45, 2.75) is 25.9 Å². The van der Waals surface area contributed by atoms with E-state index in [1.54, 1.807) is 4.90 Å². The van der Waals surface area contributed by atoms with E-state index in [1.807, 2.05) is 0 Å². The number of hydrogen-bond acceptors (Lipinski definition) is 6. The molecule has 154 valence electrons. The number of halogens is 3. The van der Waals surface area contributed by atoms with Crippen molar-refractivity contribution in [3.05, 3.63) is 28.3 Å². The third-order valence-corrected chi connectivity index (χ3v) is 6.52. The fourth-order valence-corrected chi connectivity index (χ4v) is 5.22. The molecule has 1 aliphatic heterocycles. The quantitative estimate of drug-likeness (QED) is 0.792. The zero-order valence-electron chi connectivity index (χ0n) is 14.8. The van der Waals surface area contributed by atoms with Crippen LogP contribution in [0.25, 0.3) is 10.6 Å². The molecule has 1 fully saturated rings. The molecule has 3 heterocycles. The highest BCUT2D eigenvalue weighted by Gasteiger charge is 2.39. The topological polar surface area (TPSA) is 106 Å². The average Bonchev–Trinajstić information content (AvgIpc) is 3.18. The Balaban J connectivity index is 1.77. The Hall–Kier alpha value is -1.92. The van der Waals surface area contributed by atoms with Crippen molar-refractivity contribution < 1.29 is 30.9 Å². The number of aromatic nitrogens is 1. The summed E-state index contributed by atoms with van der Waals surface area (Å²) in [6.45, 7) is 2.01. The molecular weight excluding hydrogens is 419 g/mol. The van der Waals surface area contributed by atoms with Gasteiger partial charge in [-0.25, -0.2) is 13.6 Å². The Morgan fingerprint density at radius 1 is 1.43 bits per heavy atom. The molecule has 0 unspecified atom stereocenters. The number of likely N-dealkylation sites (tertiary alicyclic amines) is 1. The number of carbonyl (C=O) groups is 1.